The van der Waals surface area contributed by atoms with E-state index < -0.39 is 0 Å². The van der Waals surface area contributed by atoms with Gasteiger partial charge in [-0.05, 0) is 24.1 Å². The first-order valence-corrected chi connectivity index (χ1v) is 5.25. The van der Waals surface area contributed by atoms with Crippen LogP contribution in [0.2, 0.25) is 5.02 Å². The molecule has 0 unspecified atom stereocenters. The van der Waals surface area contributed by atoms with E-state index in [-0.39, 0.29) is 5.76 Å². The minimum absolute atomic E-state index is 0.168. The van der Waals surface area contributed by atoms with E-state index in [9.17, 15) is 0 Å². The Balaban J connectivity index is 2.15. The molecule has 3 heteroatoms. The maximum absolute atomic E-state index is 8.81. The lowest BCUT2D eigenvalue weighted by molar-refractivity contribution is 0.132. The third-order valence-corrected chi connectivity index (χ3v) is 2.24. The summed E-state index contributed by atoms with van der Waals surface area (Å²) in [7, 11) is 0. The Morgan fingerprint density at radius 1 is 1.27 bits per heavy atom. The molecule has 1 rings (SSSR count). The van der Waals surface area contributed by atoms with E-state index >= 15 is 0 Å². The molecule has 0 saturated carbocycles. The number of benzene rings is 1. The van der Waals surface area contributed by atoms with E-state index in [0.29, 0.717) is 19.6 Å². The minimum atomic E-state index is 0.168. The molecule has 0 aliphatic rings. The third kappa shape index (κ3) is 5.45. The van der Waals surface area contributed by atoms with Crippen LogP contribution in [0, 0.1) is 0 Å². The number of ether oxygens (including phenoxy) is 1. The van der Waals surface area contributed by atoms with Crippen molar-refractivity contribution in [2.75, 3.05) is 13.2 Å². The van der Waals surface area contributed by atoms with Gasteiger partial charge in [-0.15, -0.1) is 0 Å². The molecule has 0 bridgehead atoms. The van der Waals surface area contributed by atoms with E-state index in [1.54, 1.807) is 0 Å². The Bertz CT molecular complexity index is 306. The lowest BCUT2D eigenvalue weighted by atomic mass is 10.2. The van der Waals surface area contributed by atoms with Crippen LogP contribution in [0.15, 0.2) is 36.6 Å². The highest BCUT2D eigenvalue weighted by Crippen LogP contribution is 2.09. The van der Waals surface area contributed by atoms with Gasteiger partial charge in [-0.25, -0.2) is 0 Å². The number of hydrogen-bond acceptors (Lipinski definition) is 2. The topological polar surface area (TPSA) is 29.5 Å². The second kappa shape index (κ2) is 6.49. The monoisotopic (exact) mass is 226 g/mol. The molecule has 0 aliphatic heterocycles. The summed E-state index contributed by atoms with van der Waals surface area (Å²) in [6.45, 7) is 4.55. The lowest BCUT2D eigenvalue weighted by Crippen LogP contribution is -2.00. The van der Waals surface area contributed by atoms with Crippen molar-refractivity contribution in [2.24, 2.45) is 0 Å². The lowest BCUT2D eigenvalue weighted by Gasteiger charge is -2.03. The molecule has 1 aromatic carbocycles. The maximum Gasteiger partial charge on any atom is 0.0874 e. The predicted molar refractivity (Wildman–Crippen MR) is 62.4 cm³/mol. The number of aliphatic hydroxyl groups is 1. The van der Waals surface area contributed by atoms with Crippen molar-refractivity contribution in [2.45, 2.75) is 12.8 Å². The smallest absolute Gasteiger partial charge is 0.0874 e. The Morgan fingerprint density at radius 2 is 1.93 bits per heavy atom. The van der Waals surface area contributed by atoms with Gasteiger partial charge in [0.25, 0.3) is 0 Å². The molecule has 0 fully saturated rings. The van der Waals surface area contributed by atoms with Crippen LogP contribution in [0.25, 0.3) is 0 Å². The van der Waals surface area contributed by atoms with Crippen molar-refractivity contribution in [1.82, 2.24) is 0 Å². The molecule has 15 heavy (non-hydrogen) atoms. The van der Waals surface area contributed by atoms with Crippen LogP contribution in [0.5, 0.6) is 0 Å². The summed E-state index contributed by atoms with van der Waals surface area (Å²) in [4.78, 5) is 0. The summed E-state index contributed by atoms with van der Waals surface area (Å²) in [5, 5.41) is 9.56. The van der Waals surface area contributed by atoms with E-state index in [1.807, 2.05) is 24.3 Å². The molecule has 1 aromatic rings. The van der Waals surface area contributed by atoms with Gasteiger partial charge in [0, 0.05) is 11.4 Å². The Hall–Kier alpha value is -0.990. The van der Waals surface area contributed by atoms with Crippen LogP contribution in [-0.4, -0.2) is 18.3 Å². The van der Waals surface area contributed by atoms with E-state index in [2.05, 4.69) is 6.58 Å². The zero-order chi connectivity index (χ0) is 11.1. The third-order valence-electron chi connectivity index (χ3n) is 1.98. The van der Waals surface area contributed by atoms with Crippen LogP contribution >= 0.6 is 11.6 Å². The van der Waals surface area contributed by atoms with Crippen molar-refractivity contribution in [3.63, 3.8) is 0 Å². The average Bonchev–Trinajstić information content (AvgIpc) is 2.20. The normalized spacial score (nSPS) is 10.2. The molecule has 0 aromatic heterocycles. The first kappa shape index (κ1) is 12.1. The summed E-state index contributed by atoms with van der Waals surface area (Å²) >= 11 is 5.76. The average molecular weight is 227 g/mol. The second-order valence-electron chi connectivity index (χ2n) is 3.31. The standard InChI is InChI=1S/C12H15ClO2/c1-10(14)6-8-15-9-7-11-2-4-12(13)5-3-11/h2-5,14H,1,6-9H2. The molecule has 0 atom stereocenters. The van der Waals surface area contributed by atoms with E-state index in [4.69, 9.17) is 21.4 Å². The highest BCUT2D eigenvalue weighted by molar-refractivity contribution is 6.30. The van der Waals surface area contributed by atoms with Crippen molar-refractivity contribution >= 4 is 11.6 Å². The van der Waals surface area contributed by atoms with Gasteiger partial charge in [-0.1, -0.05) is 30.3 Å². The maximum atomic E-state index is 8.81. The van der Waals surface area contributed by atoms with Gasteiger partial charge in [-0.2, -0.15) is 0 Å². The number of rotatable bonds is 6. The number of halogens is 1. The fourth-order valence-electron chi connectivity index (χ4n) is 1.13. The number of aliphatic hydroxyl groups excluding tert-OH is 1. The Morgan fingerprint density at radius 3 is 2.53 bits per heavy atom. The first-order valence-electron chi connectivity index (χ1n) is 4.87. The SMILES string of the molecule is C=C(O)CCOCCc1ccc(Cl)cc1. The van der Waals surface area contributed by atoms with Crippen molar-refractivity contribution in [3.8, 4) is 0 Å². The van der Waals surface area contributed by atoms with E-state index in [0.717, 1.165) is 11.4 Å². The summed E-state index contributed by atoms with van der Waals surface area (Å²) in [5.41, 5.74) is 1.20. The molecule has 0 spiro atoms. The van der Waals surface area contributed by atoms with Crippen LogP contribution < -0.4 is 0 Å². The van der Waals surface area contributed by atoms with Crippen molar-refractivity contribution in [3.05, 3.63) is 47.2 Å². The summed E-state index contributed by atoms with van der Waals surface area (Å²) in [6.07, 6.45) is 1.36. The minimum Gasteiger partial charge on any atom is -0.513 e. The highest BCUT2D eigenvalue weighted by Gasteiger charge is 1.94. The fraction of sp³-hybridized carbons (Fsp3) is 0.333. The van der Waals surface area contributed by atoms with Crippen LogP contribution in [0.1, 0.15) is 12.0 Å². The van der Waals surface area contributed by atoms with Gasteiger partial charge < -0.3 is 9.84 Å². The summed E-state index contributed by atoms with van der Waals surface area (Å²) < 4.78 is 5.32. The Labute approximate surface area is 95.1 Å². The van der Waals surface area contributed by atoms with Gasteiger partial charge in [0.05, 0.1) is 19.0 Å². The molecule has 0 aliphatic carbocycles. The quantitative estimate of drug-likeness (QED) is 0.595. The zero-order valence-corrected chi connectivity index (χ0v) is 9.33. The molecule has 0 saturated heterocycles. The Kier molecular flexibility index (Phi) is 5.22. The predicted octanol–water partition coefficient (Wildman–Crippen LogP) is 3.36. The zero-order valence-electron chi connectivity index (χ0n) is 8.58. The van der Waals surface area contributed by atoms with Gasteiger partial charge in [0.2, 0.25) is 0 Å². The van der Waals surface area contributed by atoms with Crippen molar-refractivity contribution in [1.29, 1.82) is 0 Å². The van der Waals surface area contributed by atoms with Gasteiger partial charge in [0.15, 0.2) is 0 Å². The molecule has 1 N–H and O–H groups in total. The molecule has 0 heterocycles. The second-order valence-corrected chi connectivity index (χ2v) is 3.74. The van der Waals surface area contributed by atoms with Crippen LogP contribution in [0.3, 0.4) is 0 Å². The fourth-order valence-corrected chi connectivity index (χ4v) is 1.26. The van der Waals surface area contributed by atoms with E-state index in [1.165, 1.54) is 5.56 Å². The van der Waals surface area contributed by atoms with Crippen molar-refractivity contribution < 1.29 is 9.84 Å². The molecule has 0 amide bonds. The van der Waals surface area contributed by atoms with Crippen LogP contribution in [-0.2, 0) is 11.2 Å². The molecule has 2 nitrogen and oxygen atoms in total. The molecule has 82 valence electrons. The van der Waals surface area contributed by atoms with Gasteiger partial charge in [-0.3, -0.25) is 0 Å². The molecular weight excluding hydrogens is 212 g/mol. The molecule has 0 radical (unpaired) electrons. The number of hydrogen-bond donors (Lipinski definition) is 1. The van der Waals surface area contributed by atoms with Crippen LogP contribution in [0.4, 0.5) is 0 Å². The summed E-state index contributed by atoms with van der Waals surface area (Å²) in [6, 6.07) is 7.70. The largest absolute Gasteiger partial charge is 0.513 e. The first-order chi connectivity index (χ1) is 7.18. The molecular formula is C12H15ClO2. The van der Waals surface area contributed by atoms with Gasteiger partial charge in [0.1, 0.15) is 0 Å². The highest BCUT2D eigenvalue weighted by atomic mass is 35.5. The van der Waals surface area contributed by atoms with Gasteiger partial charge >= 0.3 is 0 Å². The summed E-state index contributed by atoms with van der Waals surface area (Å²) in [5.74, 6) is 0.168.